The maximum absolute atomic E-state index is 13.5. The highest BCUT2D eigenvalue weighted by Gasteiger charge is 2.51. The third-order valence-corrected chi connectivity index (χ3v) is 5.90. The Morgan fingerprint density at radius 3 is 2.45 bits per heavy atom. The lowest BCUT2D eigenvalue weighted by Crippen LogP contribution is -2.43. The van der Waals surface area contributed by atoms with E-state index in [1.54, 1.807) is 0 Å². The molecule has 31 heavy (non-hydrogen) atoms. The molecule has 1 atom stereocenters. The number of pyridine rings is 1. The lowest BCUT2D eigenvalue weighted by atomic mass is 9.87. The number of rotatable bonds is 5. The Hall–Kier alpha value is -3.74. The molecular weight excluding hydrogens is 394 g/mol. The fourth-order valence-electron chi connectivity index (χ4n) is 4.21. The Bertz CT molecular complexity index is 1190. The number of hydrogen-bond acceptors (Lipinski definition) is 5. The molecule has 3 aromatic rings. The summed E-state index contributed by atoms with van der Waals surface area (Å²) in [6.45, 7) is 3.54. The normalized spacial score (nSPS) is 18.4. The fraction of sp³-hybridized carbons (Fsp3) is 0.250. The van der Waals surface area contributed by atoms with Gasteiger partial charge in [-0.15, -0.1) is 0 Å². The third kappa shape index (κ3) is 3.22. The summed E-state index contributed by atoms with van der Waals surface area (Å²) in [6.07, 6.45) is 0.395. The average molecular weight is 417 g/mol. The van der Waals surface area contributed by atoms with Crippen LogP contribution in [0.3, 0.4) is 0 Å². The van der Waals surface area contributed by atoms with Gasteiger partial charge in [0.25, 0.3) is 5.91 Å². The predicted molar refractivity (Wildman–Crippen MR) is 115 cm³/mol. The molecule has 1 aliphatic rings. The molecule has 0 radical (unpaired) electrons. The smallest absolute Gasteiger partial charge is 0.340 e. The van der Waals surface area contributed by atoms with Crippen LogP contribution in [0, 0.1) is 6.92 Å². The van der Waals surface area contributed by atoms with Crippen LogP contribution in [0.1, 0.15) is 40.5 Å². The minimum atomic E-state index is -1.14. The lowest BCUT2D eigenvalue weighted by molar-refractivity contribution is -0.132. The number of aromatic nitrogens is 1. The number of para-hydroxylation sites is 1. The number of imide groups is 1. The molecule has 1 fully saturated rings. The monoisotopic (exact) mass is 417 g/mol. The molecule has 1 aliphatic heterocycles. The molecule has 4 rings (SSSR count). The SMILES string of the molecule is CC[C@@]1(c2ccccc2)NC(=O)N(Cc2nc3ccccc3c(C)c2C(=O)OC)C1=O. The van der Waals surface area contributed by atoms with Crippen molar-refractivity contribution in [3.63, 3.8) is 0 Å². The van der Waals surface area contributed by atoms with E-state index in [1.165, 1.54) is 7.11 Å². The minimum absolute atomic E-state index is 0.130. The molecule has 0 saturated carbocycles. The zero-order valence-electron chi connectivity index (χ0n) is 17.6. The van der Waals surface area contributed by atoms with E-state index in [0.717, 1.165) is 10.3 Å². The van der Waals surface area contributed by atoms with Crippen LogP contribution in [0.15, 0.2) is 54.6 Å². The second-order valence-electron chi connectivity index (χ2n) is 7.51. The summed E-state index contributed by atoms with van der Waals surface area (Å²) in [5.74, 6) is -0.919. The van der Waals surface area contributed by atoms with Crippen molar-refractivity contribution in [1.82, 2.24) is 15.2 Å². The number of hydrogen-bond donors (Lipinski definition) is 1. The Balaban J connectivity index is 1.80. The van der Waals surface area contributed by atoms with Gasteiger partial charge in [-0.25, -0.2) is 14.6 Å². The number of aryl methyl sites for hydroxylation is 1. The van der Waals surface area contributed by atoms with Gasteiger partial charge in [-0.05, 0) is 30.5 Å². The van der Waals surface area contributed by atoms with E-state index >= 15 is 0 Å². The summed E-state index contributed by atoms with van der Waals surface area (Å²) in [5, 5.41) is 3.68. The summed E-state index contributed by atoms with van der Waals surface area (Å²) in [6, 6.07) is 16.1. The molecule has 0 aliphatic carbocycles. The second kappa shape index (κ2) is 7.83. The summed E-state index contributed by atoms with van der Waals surface area (Å²) < 4.78 is 4.97. The maximum atomic E-state index is 13.5. The van der Waals surface area contributed by atoms with Crippen molar-refractivity contribution < 1.29 is 19.1 Å². The second-order valence-corrected chi connectivity index (χ2v) is 7.51. The van der Waals surface area contributed by atoms with Gasteiger partial charge in [0.05, 0.1) is 30.4 Å². The highest BCUT2D eigenvalue weighted by Crippen LogP contribution is 2.34. The molecule has 7 heteroatoms. The number of benzene rings is 2. The number of esters is 1. The summed E-state index contributed by atoms with van der Waals surface area (Å²) in [5.41, 5.74) is 1.55. The molecule has 2 aromatic carbocycles. The number of methoxy groups -OCH3 is 1. The molecule has 158 valence electrons. The summed E-state index contributed by atoms with van der Waals surface area (Å²) >= 11 is 0. The highest BCUT2D eigenvalue weighted by molar-refractivity contribution is 6.07. The van der Waals surface area contributed by atoms with E-state index in [2.05, 4.69) is 10.3 Å². The van der Waals surface area contributed by atoms with Gasteiger partial charge in [-0.2, -0.15) is 0 Å². The quantitative estimate of drug-likeness (QED) is 0.505. The number of ether oxygens (including phenoxy) is 1. The average Bonchev–Trinajstić information content (AvgIpc) is 3.04. The van der Waals surface area contributed by atoms with Gasteiger partial charge < -0.3 is 10.1 Å². The predicted octanol–water partition coefficient (Wildman–Crippen LogP) is 3.69. The van der Waals surface area contributed by atoms with Crippen molar-refractivity contribution in [3.8, 4) is 0 Å². The van der Waals surface area contributed by atoms with E-state index in [9.17, 15) is 14.4 Å². The molecule has 1 saturated heterocycles. The first-order valence-corrected chi connectivity index (χ1v) is 10.1. The van der Waals surface area contributed by atoms with Crippen molar-refractivity contribution >= 4 is 28.8 Å². The van der Waals surface area contributed by atoms with Gasteiger partial charge in [-0.1, -0.05) is 55.5 Å². The zero-order chi connectivity index (χ0) is 22.2. The molecule has 2 heterocycles. The van der Waals surface area contributed by atoms with Crippen molar-refractivity contribution in [2.24, 2.45) is 0 Å². The van der Waals surface area contributed by atoms with E-state index in [-0.39, 0.29) is 18.0 Å². The Labute approximate surface area is 180 Å². The van der Waals surface area contributed by atoms with Crippen molar-refractivity contribution in [3.05, 3.63) is 77.0 Å². The summed E-state index contributed by atoms with van der Waals surface area (Å²) in [4.78, 5) is 44.7. The van der Waals surface area contributed by atoms with Gasteiger partial charge in [0.15, 0.2) is 0 Å². The van der Waals surface area contributed by atoms with E-state index in [4.69, 9.17) is 4.74 Å². The number of amides is 3. The largest absolute Gasteiger partial charge is 0.465 e. The molecule has 0 bridgehead atoms. The molecule has 1 aromatic heterocycles. The van der Waals surface area contributed by atoms with Gasteiger partial charge in [0.2, 0.25) is 0 Å². The Kier molecular flexibility index (Phi) is 5.19. The molecular formula is C24H23N3O4. The van der Waals surface area contributed by atoms with Crippen molar-refractivity contribution in [2.75, 3.05) is 7.11 Å². The molecule has 1 N–H and O–H groups in total. The number of nitrogens with one attached hydrogen (secondary N) is 1. The van der Waals surface area contributed by atoms with Gasteiger partial charge >= 0.3 is 12.0 Å². The number of nitrogens with zero attached hydrogens (tertiary/aromatic N) is 2. The molecule has 0 spiro atoms. The number of carbonyl (C=O) groups excluding carboxylic acids is 3. The number of carbonyl (C=O) groups is 3. The number of fused-ring (bicyclic) bond motifs is 1. The molecule has 3 amide bonds. The molecule has 0 unspecified atom stereocenters. The highest BCUT2D eigenvalue weighted by atomic mass is 16.5. The third-order valence-electron chi connectivity index (χ3n) is 5.90. The van der Waals surface area contributed by atoms with Crippen LogP contribution in [-0.2, 0) is 21.6 Å². The zero-order valence-corrected chi connectivity index (χ0v) is 17.6. The van der Waals surface area contributed by atoms with Crippen molar-refractivity contribution in [1.29, 1.82) is 0 Å². The first kappa shape index (κ1) is 20.5. The minimum Gasteiger partial charge on any atom is -0.465 e. The summed E-state index contributed by atoms with van der Waals surface area (Å²) in [7, 11) is 1.30. The lowest BCUT2D eigenvalue weighted by Gasteiger charge is -2.26. The van der Waals surface area contributed by atoms with E-state index < -0.39 is 17.5 Å². The number of urea groups is 1. The Morgan fingerprint density at radius 2 is 1.77 bits per heavy atom. The standard InChI is InChI=1S/C24H23N3O4/c1-4-24(16-10-6-5-7-11-16)22(29)27(23(30)26-24)14-19-20(21(28)31-3)15(2)17-12-8-9-13-18(17)25-19/h5-13H,4,14H2,1-3H3,(H,26,30)/t24-/m0/s1. The van der Waals surface area contributed by atoms with Crippen LogP contribution >= 0.6 is 0 Å². The van der Waals surface area contributed by atoms with Crippen LogP contribution in [0.4, 0.5) is 4.79 Å². The van der Waals surface area contributed by atoms with Crippen LogP contribution in [0.25, 0.3) is 10.9 Å². The van der Waals surface area contributed by atoms with Crippen LogP contribution in [-0.4, -0.2) is 34.9 Å². The first-order chi connectivity index (χ1) is 14.9. The van der Waals surface area contributed by atoms with E-state index in [0.29, 0.717) is 28.8 Å². The van der Waals surface area contributed by atoms with Crippen LogP contribution < -0.4 is 5.32 Å². The Morgan fingerprint density at radius 1 is 1.10 bits per heavy atom. The fourth-order valence-corrected chi connectivity index (χ4v) is 4.21. The van der Waals surface area contributed by atoms with Gasteiger partial charge in [0.1, 0.15) is 5.54 Å². The topological polar surface area (TPSA) is 88.6 Å². The first-order valence-electron chi connectivity index (χ1n) is 10.1. The maximum Gasteiger partial charge on any atom is 0.340 e. The molecule has 7 nitrogen and oxygen atoms in total. The van der Waals surface area contributed by atoms with Crippen LogP contribution in [0.2, 0.25) is 0 Å². The van der Waals surface area contributed by atoms with Crippen LogP contribution in [0.5, 0.6) is 0 Å². The van der Waals surface area contributed by atoms with Gasteiger partial charge in [-0.3, -0.25) is 9.69 Å². The van der Waals surface area contributed by atoms with Gasteiger partial charge in [0, 0.05) is 5.39 Å². The van der Waals surface area contributed by atoms with Crippen molar-refractivity contribution in [2.45, 2.75) is 32.4 Å². The van der Waals surface area contributed by atoms with E-state index in [1.807, 2.05) is 68.4 Å².